The number of aromatic hydroxyl groups is 1. The Hall–Kier alpha value is -1.02. The zero-order chi connectivity index (χ0) is 13.2. The van der Waals surface area contributed by atoms with Gasteiger partial charge < -0.3 is 10.4 Å². The molecule has 0 bridgehead atoms. The number of nitrogens with one attached hydrogen (secondary N) is 1. The van der Waals surface area contributed by atoms with E-state index in [2.05, 4.69) is 24.4 Å². The Balaban J connectivity index is 2.01. The molecule has 100 valence electrons. The van der Waals surface area contributed by atoms with Crippen molar-refractivity contribution in [3.63, 3.8) is 0 Å². The van der Waals surface area contributed by atoms with Crippen LogP contribution in [0, 0.1) is 13.8 Å². The highest BCUT2D eigenvalue weighted by atomic mass is 16.3. The summed E-state index contributed by atoms with van der Waals surface area (Å²) in [6.45, 7) is 7.17. The predicted octanol–water partition coefficient (Wildman–Crippen LogP) is 3.82. The van der Waals surface area contributed by atoms with Crippen LogP contribution in [-0.2, 0) is 6.54 Å². The third-order valence-electron chi connectivity index (χ3n) is 4.23. The highest BCUT2D eigenvalue weighted by molar-refractivity contribution is 5.42. The maximum Gasteiger partial charge on any atom is 0.121 e. The summed E-state index contributed by atoms with van der Waals surface area (Å²) in [7, 11) is 0. The summed E-state index contributed by atoms with van der Waals surface area (Å²) in [6.07, 6.45) is 6.63. The van der Waals surface area contributed by atoms with Gasteiger partial charge in [-0.15, -0.1) is 0 Å². The summed E-state index contributed by atoms with van der Waals surface area (Å²) >= 11 is 0. The molecular formula is C16H25NO. The number of phenolic OH excluding ortho intramolecular Hbond substituents is 1. The maximum atomic E-state index is 9.78. The van der Waals surface area contributed by atoms with Gasteiger partial charge in [0, 0.05) is 12.1 Å². The summed E-state index contributed by atoms with van der Waals surface area (Å²) in [5, 5.41) is 13.5. The van der Waals surface area contributed by atoms with Crippen LogP contribution in [0.2, 0.25) is 0 Å². The zero-order valence-corrected chi connectivity index (χ0v) is 11.8. The average molecular weight is 247 g/mol. The lowest BCUT2D eigenvalue weighted by Crippen LogP contribution is -2.43. The van der Waals surface area contributed by atoms with Crippen LogP contribution >= 0.6 is 0 Å². The number of benzene rings is 1. The van der Waals surface area contributed by atoms with E-state index in [4.69, 9.17) is 0 Å². The topological polar surface area (TPSA) is 32.3 Å². The molecule has 1 fully saturated rings. The Morgan fingerprint density at radius 3 is 2.22 bits per heavy atom. The molecule has 1 aromatic rings. The van der Waals surface area contributed by atoms with Crippen LogP contribution in [-0.4, -0.2) is 10.6 Å². The first-order valence-electron chi connectivity index (χ1n) is 7.04. The van der Waals surface area contributed by atoms with Crippen LogP contribution < -0.4 is 5.32 Å². The van der Waals surface area contributed by atoms with Gasteiger partial charge in [-0.2, -0.15) is 0 Å². The van der Waals surface area contributed by atoms with E-state index >= 15 is 0 Å². The van der Waals surface area contributed by atoms with Crippen molar-refractivity contribution in [2.75, 3.05) is 0 Å². The lowest BCUT2D eigenvalue weighted by molar-refractivity contribution is 0.252. The lowest BCUT2D eigenvalue weighted by atomic mass is 9.83. The van der Waals surface area contributed by atoms with Crippen molar-refractivity contribution in [2.45, 2.75) is 65.0 Å². The van der Waals surface area contributed by atoms with Crippen molar-refractivity contribution in [1.82, 2.24) is 5.32 Å². The number of hydrogen-bond acceptors (Lipinski definition) is 2. The smallest absolute Gasteiger partial charge is 0.121 e. The normalized spacial score (nSPS) is 18.8. The summed E-state index contributed by atoms with van der Waals surface area (Å²) in [5.74, 6) is 0.433. The van der Waals surface area contributed by atoms with Gasteiger partial charge in [-0.3, -0.25) is 0 Å². The molecule has 0 unspecified atom stereocenters. The van der Waals surface area contributed by atoms with E-state index in [1.807, 2.05) is 13.8 Å². The Morgan fingerprint density at radius 2 is 1.67 bits per heavy atom. The van der Waals surface area contributed by atoms with Crippen LogP contribution in [0.5, 0.6) is 5.75 Å². The molecule has 0 amide bonds. The number of aryl methyl sites for hydroxylation is 2. The van der Waals surface area contributed by atoms with Crippen LogP contribution in [0.15, 0.2) is 12.1 Å². The molecule has 0 aromatic heterocycles. The van der Waals surface area contributed by atoms with Crippen molar-refractivity contribution in [3.8, 4) is 5.75 Å². The zero-order valence-electron chi connectivity index (χ0n) is 11.8. The monoisotopic (exact) mass is 247 g/mol. The first kappa shape index (κ1) is 13.4. The Morgan fingerprint density at radius 1 is 1.11 bits per heavy atom. The molecule has 2 heteroatoms. The van der Waals surface area contributed by atoms with E-state index in [1.54, 1.807) is 0 Å². The molecule has 1 aliphatic carbocycles. The summed E-state index contributed by atoms with van der Waals surface area (Å²) in [6, 6.07) is 4.17. The van der Waals surface area contributed by atoms with E-state index in [0.29, 0.717) is 11.3 Å². The van der Waals surface area contributed by atoms with E-state index in [1.165, 1.54) is 37.7 Å². The molecule has 0 saturated heterocycles. The van der Waals surface area contributed by atoms with Crippen LogP contribution in [0.3, 0.4) is 0 Å². The van der Waals surface area contributed by atoms with Crippen LogP contribution in [0.1, 0.15) is 55.7 Å². The molecule has 0 atom stereocenters. The second-order valence-corrected chi connectivity index (χ2v) is 6.05. The Bertz CT molecular complexity index is 396. The molecule has 1 aliphatic rings. The summed E-state index contributed by atoms with van der Waals surface area (Å²) in [4.78, 5) is 0. The van der Waals surface area contributed by atoms with Gasteiger partial charge in [0.25, 0.3) is 0 Å². The highest BCUT2D eigenvalue weighted by Crippen LogP contribution is 2.28. The van der Waals surface area contributed by atoms with E-state index in [0.717, 1.165) is 17.7 Å². The van der Waals surface area contributed by atoms with Crippen molar-refractivity contribution in [2.24, 2.45) is 0 Å². The van der Waals surface area contributed by atoms with Gasteiger partial charge in [-0.1, -0.05) is 31.4 Å². The molecule has 1 aromatic carbocycles. The minimum Gasteiger partial charge on any atom is -0.507 e. The van der Waals surface area contributed by atoms with Crippen molar-refractivity contribution < 1.29 is 5.11 Å². The molecule has 2 rings (SSSR count). The SMILES string of the molecule is Cc1cc(CNC2(C)CCCCC2)cc(C)c1O. The van der Waals surface area contributed by atoms with Crippen molar-refractivity contribution in [1.29, 1.82) is 0 Å². The second-order valence-electron chi connectivity index (χ2n) is 6.05. The van der Waals surface area contributed by atoms with Gasteiger partial charge in [-0.05, 0) is 50.3 Å². The number of hydrogen-bond donors (Lipinski definition) is 2. The minimum atomic E-state index is 0.304. The summed E-state index contributed by atoms with van der Waals surface area (Å²) in [5.41, 5.74) is 3.52. The first-order valence-corrected chi connectivity index (χ1v) is 7.04. The summed E-state index contributed by atoms with van der Waals surface area (Å²) < 4.78 is 0. The Kier molecular flexibility index (Phi) is 3.96. The minimum absolute atomic E-state index is 0.304. The van der Waals surface area contributed by atoms with Gasteiger partial charge in [-0.25, -0.2) is 0 Å². The van der Waals surface area contributed by atoms with E-state index in [-0.39, 0.29) is 0 Å². The van der Waals surface area contributed by atoms with E-state index < -0.39 is 0 Å². The maximum absolute atomic E-state index is 9.78. The molecule has 1 saturated carbocycles. The number of rotatable bonds is 3. The third-order valence-corrected chi connectivity index (χ3v) is 4.23. The molecule has 0 aliphatic heterocycles. The first-order chi connectivity index (χ1) is 8.50. The van der Waals surface area contributed by atoms with Gasteiger partial charge in [0.15, 0.2) is 0 Å². The molecule has 18 heavy (non-hydrogen) atoms. The fourth-order valence-electron chi connectivity index (χ4n) is 2.97. The molecule has 0 heterocycles. The van der Waals surface area contributed by atoms with Crippen molar-refractivity contribution in [3.05, 3.63) is 28.8 Å². The quantitative estimate of drug-likeness (QED) is 0.851. The molecule has 2 N–H and O–H groups in total. The fraction of sp³-hybridized carbons (Fsp3) is 0.625. The van der Waals surface area contributed by atoms with Crippen molar-refractivity contribution >= 4 is 0 Å². The largest absolute Gasteiger partial charge is 0.507 e. The standard InChI is InChI=1S/C16H25NO/c1-12-9-14(10-13(2)15(12)18)11-17-16(3)7-5-4-6-8-16/h9-10,17-18H,4-8,11H2,1-3H3. The highest BCUT2D eigenvalue weighted by Gasteiger charge is 2.25. The molecule has 2 nitrogen and oxygen atoms in total. The fourth-order valence-corrected chi connectivity index (χ4v) is 2.97. The second kappa shape index (κ2) is 5.31. The van der Waals surface area contributed by atoms with Crippen LogP contribution in [0.25, 0.3) is 0 Å². The molecular weight excluding hydrogens is 222 g/mol. The van der Waals surface area contributed by atoms with Gasteiger partial charge >= 0.3 is 0 Å². The van der Waals surface area contributed by atoms with Gasteiger partial charge in [0.1, 0.15) is 5.75 Å². The third kappa shape index (κ3) is 3.05. The average Bonchev–Trinajstić information content (AvgIpc) is 2.34. The van der Waals surface area contributed by atoms with Gasteiger partial charge in [0.2, 0.25) is 0 Å². The number of phenols is 1. The predicted molar refractivity (Wildman–Crippen MR) is 75.9 cm³/mol. The van der Waals surface area contributed by atoms with E-state index in [9.17, 15) is 5.11 Å². The molecule has 0 radical (unpaired) electrons. The molecule has 0 spiro atoms. The van der Waals surface area contributed by atoms with Crippen LogP contribution in [0.4, 0.5) is 0 Å². The Labute approximate surface area is 110 Å². The lowest BCUT2D eigenvalue weighted by Gasteiger charge is -2.35. The van der Waals surface area contributed by atoms with Gasteiger partial charge in [0.05, 0.1) is 0 Å².